The van der Waals surface area contributed by atoms with E-state index in [1.165, 1.54) is 0 Å². The van der Waals surface area contributed by atoms with E-state index in [0.717, 1.165) is 0 Å². The maximum Gasteiger partial charge on any atom is 2.00 e. The maximum absolute atomic E-state index is 7.50. The van der Waals surface area contributed by atoms with Gasteiger partial charge in [-0.15, -0.1) is 0 Å². The molecule has 0 saturated carbocycles. The molecule has 0 aliphatic heterocycles. The van der Waals surface area contributed by atoms with Gasteiger partial charge in [-0.25, -0.2) is 0 Å². The standard InChI is InChI=1S/C5H.2CO.Mo/c1-2-4-5-3-1;2*1-2;/h1H;;;/q-5;;;+2. The molecule has 0 bridgehead atoms. The second-order valence-electron chi connectivity index (χ2n) is 0.683. The van der Waals surface area contributed by atoms with E-state index in [4.69, 9.17) is 9.30 Å². The van der Waals surface area contributed by atoms with Gasteiger partial charge in [0.2, 0.25) is 0 Å². The molecule has 2 nitrogen and oxygen atoms in total. The second-order valence-corrected chi connectivity index (χ2v) is 0.683. The Morgan fingerprint density at radius 3 is 1.30 bits per heavy atom. The van der Waals surface area contributed by atoms with Crippen LogP contribution in [-0.4, -0.2) is 0 Å². The zero-order valence-corrected chi connectivity index (χ0v) is 6.81. The third-order valence-corrected chi connectivity index (χ3v) is 0.351. The summed E-state index contributed by atoms with van der Waals surface area (Å²) in [6.45, 7) is 9.00. The zero-order valence-electron chi connectivity index (χ0n) is 4.80. The molecule has 10 heavy (non-hydrogen) atoms. The van der Waals surface area contributed by atoms with Crippen LogP contribution in [0.4, 0.5) is 0 Å². The average molecular weight is 213 g/mol. The molecule has 0 radical (unpaired) electrons. The molecule has 50 valence electrons. The Morgan fingerprint density at radius 1 is 0.900 bits per heavy atom. The van der Waals surface area contributed by atoms with E-state index in [-0.39, 0.29) is 21.1 Å². The Kier molecular flexibility index (Phi) is 38.3. The van der Waals surface area contributed by atoms with Crippen molar-refractivity contribution in [2.45, 2.75) is 0 Å². The van der Waals surface area contributed by atoms with Gasteiger partial charge in [0, 0.05) is 0 Å². The van der Waals surface area contributed by atoms with Crippen LogP contribution in [0.15, 0.2) is 6.07 Å². The van der Waals surface area contributed by atoms with Crippen molar-refractivity contribution in [3.05, 3.63) is 43.6 Å². The first-order valence-corrected chi connectivity index (χ1v) is 1.74. The number of rotatable bonds is 0. The van der Waals surface area contributed by atoms with Crippen molar-refractivity contribution in [1.82, 2.24) is 0 Å². The molecular formula is C7HMoO2-3. The average Bonchev–Trinajstić information content (AvgIpc) is 2.51. The van der Waals surface area contributed by atoms with Gasteiger partial charge in [0.25, 0.3) is 0 Å². The third kappa shape index (κ3) is 15.6. The summed E-state index contributed by atoms with van der Waals surface area (Å²) in [6.07, 6.45) is 0. The third-order valence-electron chi connectivity index (χ3n) is 0.351. The Morgan fingerprint density at radius 2 is 1.20 bits per heavy atom. The van der Waals surface area contributed by atoms with Crippen LogP contribution in [-0.2, 0) is 30.4 Å². The van der Waals surface area contributed by atoms with Gasteiger partial charge >= 0.3 is 43.7 Å². The van der Waals surface area contributed by atoms with Crippen LogP contribution < -0.4 is 0 Å². The summed E-state index contributed by atoms with van der Waals surface area (Å²) >= 11 is 0. The fourth-order valence-corrected chi connectivity index (χ4v) is 0.180. The predicted octanol–water partition coefficient (Wildman–Crippen LogP) is 0.529. The van der Waals surface area contributed by atoms with Gasteiger partial charge in [0.1, 0.15) is 0 Å². The molecule has 0 unspecified atom stereocenters. The van der Waals surface area contributed by atoms with Crippen molar-refractivity contribution < 1.29 is 30.4 Å². The van der Waals surface area contributed by atoms with Crippen LogP contribution in [0.1, 0.15) is 0 Å². The SMILES string of the molecule is [C-]#[O+].[C-]#[O+].[Mo+2].[c-]1[c-][c-][cH-][c-]1. The van der Waals surface area contributed by atoms with E-state index >= 15 is 0 Å². The van der Waals surface area contributed by atoms with E-state index in [0.29, 0.717) is 0 Å². The van der Waals surface area contributed by atoms with Crippen molar-refractivity contribution in [2.24, 2.45) is 0 Å². The smallest absolute Gasteiger partial charge is 0.999 e. The molecule has 0 atom stereocenters. The molecule has 1 aromatic rings. The topological polar surface area (TPSA) is 39.8 Å². The molecule has 0 aliphatic carbocycles. The van der Waals surface area contributed by atoms with Crippen LogP contribution in [0.25, 0.3) is 0 Å². The number of hydrogen-bond donors (Lipinski definition) is 0. The Bertz CT molecular complexity index is 118. The Labute approximate surface area is 74.3 Å². The van der Waals surface area contributed by atoms with Gasteiger partial charge in [-0.2, -0.15) is 0 Å². The molecule has 0 N–H and O–H groups in total. The van der Waals surface area contributed by atoms with E-state index in [1.807, 2.05) is 0 Å². The first-order valence-electron chi connectivity index (χ1n) is 1.74. The molecule has 0 aromatic heterocycles. The Hall–Kier alpha value is -0.482. The van der Waals surface area contributed by atoms with Gasteiger partial charge < -0.3 is 30.3 Å². The molecule has 0 saturated heterocycles. The first kappa shape index (κ1) is 16.3. The maximum atomic E-state index is 7.50. The van der Waals surface area contributed by atoms with Gasteiger partial charge in [-0.05, 0) is 0 Å². The van der Waals surface area contributed by atoms with Gasteiger partial charge in [0.15, 0.2) is 0 Å². The van der Waals surface area contributed by atoms with Crippen LogP contribution >= 0.6 is 0 Å². The second kappa shape index (κ2) is 23.6. The summed E-state index contributed by atoms with van der Waals surface area (Å²) in [4.78, 5) is 0. The van der Waals surface area contributed by atoms with Gasteiger partial charge in [0.05, 0.1) is 0 Å². The van der Waals surface area contributed by atoms with Crippen molar-refractivity contribution in [3.63, 3.8) is 0 Å². The van der Waals surface area contributed by atoms with Crippen LogP contribution in [0.2, 0.25) is 0 Å². The van der Waals surface area contributed by atoms with Crippen molar-refractivity contribution in [1.29, 1.82) is 0 Å². The van der Waals surface area contributed by atoms with E-state index < -0.39 is 0 Å². The van der Waals surface area contributed by atoms with E-state index in [2.05, 4.69) is 37.6 Å². The normalized spacial score (nSPS) is 4.40. The molecule has 0 aliphatic rings. The Balaban J connectivity index is -0.0000000875. The fraction of sp³-hybridized carbons (Fsp3) is 0. The van der Waals surface area contributed by atoms with Crippen molar-refractivity contribution in [2.75, 3.05) is 0 Å². The molecule has 3 heteroatoms. The van der Waals surface area contributed by atoms with Crippen LogP contribution in [0.3, 0.4) is 0 Å². The largest absolute Gasteiger partial charge is 2.00 e. The van der Waals surface area contributed by atoms with E-state index in [9.17, 15) is 0 Å². The molecule has 1 rings (SSSR count). The zero-order chi connectivity index (χ0) is 7.54. The minimum Gasteiger partial charge on any atom is -0.999 e. The van der Waals surface area contributed by atoms with Gasteiger partial charge in [-0.3, -0.25) is 0 Å². The monoisotopic (exact) mass is 215 g/mol. The summed E-state index contributed by atoms with van der Waals surface area (Å²) in [6, 6.07) is 12.0. The molecule has 1 aromatic carbocycles. The van der Waals surface area contributed by atoms with Crippen LogP contribution in [0, 0.1) is 37.6 Å². The first-order chi connectivity index (χ1) is 4.50. The molecule has 0 spiro atoms. The summed E-state index contributed by atoms with van der Waals surface area (Å²) in [7, 11) is 0. The molecule has 0 fully saturated rings. The molecular weight excluding hydrogens is 212 g/mol. The van der Waals surface area contributed by atoms with Crippen LogP contribution in [0.5, 0.6) is 0 Å². The molecule has 0 amide bonds. The van der Waals surface area contributed by atoms with E-state index in [1.54, 1.807) is 6.07 Å². The predicted molar refractivity (Wildman–Crippen MR) is 25.2 cm³/mol. The minimum atomic E-state index is 0. The number of hydrogen-bond acceptors (Lipinski definition) is 0. The quantitative estimate of drug-likeness (QED) is 0.342. The molecule has 0 heterocycles. The van der Waals surface area contributed by atoms with Crippen molar-refractivity contribution in [3.8, 4) is 0 Å². The summed E-state index contributed by atoms with van der Waals surface area (Å²) in [5.41, 5.74) is 0. The fourth-order valence-electron chi connectivity index (χ4n) is 0.180. The van der Waals surface area contributed by atoms with Crippen molar-refractivity contribution >= 4 is 0 Å². The minimum absolute atomic E-state index is 0. The summed E-state index contributed by atoms with van der Waals surface area (Å²) in [5.74, 6) is 0. The summed E-state index contributed by atoms with van der Waals surface area (Å²) in [5, 5.41) is 0. The van der Waals surface area contributed by atoms with Gasteiger partial charge in [-0.1, -0.05) is 0 Å². The summed E-state index contributed by atoms with van der Waals surface area (Å²) < 4.78 is 15.0.